The van der Waals surface area contributed by atoms with E-state index in [2.05, 4.69) is 0 Å². The molecule has 0 unspecified atom stereocenters. The van der Waals surface area contributed by atoms with Gasteiger partial charge in [-0.25, -0.2) is 0 Å². The summed E-state index contributed by atoms with van der Waals surface area (Å²) in [6, 6.07) is 13.9. The van der Waals surface area contributed by atoms with Gasteiger partial charge in [0.2, 0.25) is 0 Å². The van der Waals surface area contributed by atoms with Crippen molar-refractivity contribution in [1.29, 1.82) is 0 Å². The Morgan fingerprint density at radius 1 is 0.684 bits per heavy atom. The fraction of sp³-hybridized carbons (Fsp3) is 0. The SMILES string of the molecule is O=C1c2ccccc2C(=O)c2ccccc21.O=CO. The first-order chi connectivity index (χ1) is 9.20. The number of benzene rings is 2. The number of fused-ring (bicyclic) bond motifs is 2. The third-order valence-electron chi connectivity index (χ3n) is 2.83. The Balaban J connectivity index is 0.000000408. The topological polar surface area (TPSA) is 71.4 Å². The normalized spacial score (nSPS) is 11.8. The van der Waals surface area contributed by atoms with Crippen LogP contribution in [-0.2, 0) is 4.79 Å². The van der Waals surface area contributed by atoms with E-state index < -0.39 is 0 Å². The second kappa shape index (κ2) is 5.27. The van der Waals surface area contributed by atoms with Gasteiger partial charge in [0.15, 0.2) is 11.6 Å². The maximum absolute atomic E-state index is 12.1. The molecule has 3 rings (SSSR count). The van der Waals surface area contributed by atoms with Crippen molar-refractivity contribution in [2.45, 2.75) is 0 Å². The average Bonchev–Trinajstić information content (AvgIpc) is 2.46. The highest BCUT2D eigenvalue weighted by atomic mass is 16.3. The summed E-state index contributed by atoms with van der Waals surface area (Å²) in [7, 11) is 0. The maximum Gasteiger partial charge on any atom is 0.290 e. The molecule has 1 aliphatic carbocycles. The van der Waals surface area contributed by atoms with Crippen LogP contribution < -0.4 is 0 Å². The lowest BCUT2D eigenvalue weighted by atomic mass is 9.84. The smallest absolute Gasteiger partial charge is 0.290 e. The van der Waals surface area contributed by atoms with Crippen LogP contribution in [0.1, 0.15) is 31.8 Å². The first kappa shape index (κ1) is 12.7. The largest absolute Gasteiger partial charge is 0.483 e. The van der Waals surface area contributed by atoms with E-state index >= 15 is 0 Å². The van der Waals surface area contributed by atoms with E-state index in [1.807, 2.05) is 0 Å². The second-order valence-corrected chi connectivity index (χ2v) is 3.85. The molecule has 2 aromatic carbocycles. The quantitative estimate of drug-likeness (QED) is 0.624. The monoisotopic (exact) mass is 254 g/mol. The lowest BCUT2D eigenvalue weighted by molar-refractivity contribution is -0.122. The molecule has 0 atom stereocenters. The summed E-state index contributed by atoms with van der Waals surface area (Å²) < 4.78 is 0. The van der Waals surface area contributed by atoms with E-state index in [9.17, 15) is 9.59 Å². The first-order valence-electron chi connectivity index (χ1n) is 5.56. The minimum absolute atomic E-state index is 0.0641. The highest BCUT2D eigenvalue weighted by Crippen LogP contribution is 2.26. The summed E-state index contributed by atoms with van der Waals surface area (Å²) in [5.74, 6) is -0.128. The Labute approximate surface area is 109 Å². The van der Waals surface area contributed by atoms with Crippen molar-refractivity contribution in [2.75, 3.05) is 0 Å². The second-order valence-electron chi connectivity index (χ2n) is 3.85. The molecule has 94 valence electrons. The van der Waals surface area contributed by atoms with Gasteiger partial charge in [-0.15, -0.1) is 0 Å². The van der Waals surface area contributed by atoms with Crippen molar-refractivity contribution in [3.05, 3.63) is 70.8 Å². The Hall–Kier alpha value is -2.75. The molecule has 2 aromatic rings. The van der Waals surface area contributed by atoms with Crippen molar-refractivity contribution in [3.8, 4) is 0 Å². The zero-order valence-electron chi connectivity index (χ0n) is 9.87. The van der Waals surface area contributed by atoms with Crippen LogP contribution in [0.5, 0.6) is 0 Å². The van der Waals surface area contributed by atoms with Crippen LogP contribution in [0.4, 0.5) is 0 Å². The fourth-order valence-electron chi connectivity index (χ4n) is 2.05. The highest BCUT2D eigenvalue weighted by Gasteiger charge is 2.28. The molecule has 1 N–H and O–H groups in total. The number of carboxylic acid groups (broad SMARTS) is 1. The van der Waals surface area contributed by atoms with Gasteiger partial charge in [0.1, 0.15) is 0 Å². The predicted octanol–water partition coefficient (Wildman–Crippen LogP) is 2.16. The lowest BCUT2D eigenvalue weighted by Gasteiger charge is -2.16. The highest BCUT2D eigenvalue weighted by molar-refractivity contribution is 6.28. The van der Waals surface area contributed by atoms with Gasteiger partial charge in [-0.3, -0.25) is 14.4 Å². The van der Waals surface area contributed by atoms with Crippen molar-refractivity contribution in [2.24, 2.45) is 0 Å². The molecule has 0 saturated heterocycles. The fourth-order valence-corrected chi connectivity index (χ4v) is 2.05. The van der Waals surface area contributed by atoms with E-state index in [1.54, 1.807) is 48.5 Å². The molecule has 19 heavy (non-hydrogen) atoms. The van der Waals surface area contributed by atoms with Gasteiger partial charge < -0.3 is 5.11 Å². The van der Waals surface area contributed by atoms with Crippen LogP contribution in [0.25, 0.3) is 0 Å². The van der Waals surface area contributed by atoms with E-state index in [1.165, 1.54) is 0 Å². The molecule has 1 aliphatic rings. The molecule has 0 aliphatic heterocycles. The third-order valence-corrected chi connectivity index (χ3v) is 2.83. The summed E-state index contributed by atoms with van der Waals surface area (Å²) in [6.45, 7) is -0.250. The predicted molar refractivity (Wildman–Crippen MR) is 68.4 cm³/mol. The summed E-state index contributed by atoms with van der Waals surface area (Å²) in [4.78, 5) is 32.6. The minimum atomic E-state index is -0.250. The van der Waals surface area contributed by atoms with Crippen LogP contribution in [0.3, 0.4) is 0 Å². The van der Waals surface area contributed by atoms with Crippen LogP contribution in [-0.4, -0.2) is 23.1 Å². The average molecular weight is 254 g/mol. The van der Waals surface area contributed by atoms with Gasteiger partial charge in [0.05, 0.1) is 0 Å². The number of carbonyl (C=O) groups is 3. The van der Waals surface area contributed by atoms with E-state index in [-0.39, 0.29) is 18.0 Å². The van der Waals surface area contributed by atoms with E-state index in [0.29, 0.717) is 22.3 Å². The number of rotatable bonds is 0. The Morgan fingerprint density at radius 3 is 1.11 bits per heavy atom. The van der Waals surface area contributed by atoms with E-state index in [0.717, 1.165) is 0 Å². The van der Waals surface area contributed by atoms with Crippen molar-refractivity contribution in [1.82, 2.24) is 0 Å². The third kappa shape index (κ3) is 2.15. The Kier molecular flexibility index (Phi) is 3.52. The Morgan fingerprint density at radius 2 is 0.895 bits per heavy atom. The molecule has 0 heterocycles. The van der Waals surface area contributed by atoms with Gasteiger partial charge in [0.25, 0.3) is 6.47 Å². The molecule has 0 aromatic heterocycles. The standard InChI is InChI=1S/C14H8O2.CH2O2/c15-13-9-5-1-2-6-10(9)14(16)12-8-4-3-7-11(12)13;2-1-3/h1-8H;1H,(H,2,3). The number of hydrogen-bond acceptors (Lipinski definition) is 3. The van der Waals surface area contributed by atoms with Gasteiger partial charge >= 0.3 is 0 Å². The zero-order valence-corrected chi connectivity index (χ0v) is 9.87. The summed E-state index contributed by atoms with van der Waals surface area (Å²) in [6.07, 6.45) is 0. The van der Waals surface area contributed by atoms with Gasteiger partial charge in [-0.05, 0) is 0 Å². The molecule has 0 radical (unpaired) electrons. The molecular formula is C15H10O4. The van der Waals surface area contributed by atoms with Crippen LogP contribution in [0.15, 0.2) is 48.5 Å². The molecule has 0 saturated carbocycles. The number of hydrogen-bond donors (Lipinski definition) is 1. The molecule has 4 heteroatoms. The number of carbonyl (C=O) groups excluding carboxylic acids is 2. The molecule has 0 amide bonds. The molecule has 0 spiro atoms. The summed E-state index contributed by atoms with van der Waals surface area (Å²) in [5, 5.41) is 6.89. The van der Waals surface area contributed by atoms with Gasteiger partial charge in [-0.2, -0.15) is 0 Å². The zero-order chi connectivity index (χ0) is 13.8. The summed E-state index contributed by atoms with van der Waals surface area (Å²) in [5.41, 5.74) is 2.02. The van der Waals surface area contributed by atoms with Crippen LogP contribution in [0.2, 0.25) is 0 Å². The molecule has 4 nitrogen and oxygen atoms in total. The van der Waals surface area contributed by atoms with Gasteiger partial charge in [-0.1, -0.05) is 48.5 Å². The number of ketones is 2. The van der Waals surface area contributed by atoms with Crippen LogP contribution in [0, 0.1) is 0 Å². The van der Waals surface area contributed by atoms with Crippen molar-refractivity contribution in [3.63, 3.8) is 0 Å². The molecule has 0 bridgehead atoms. The van der Waals surface area contributed by atoms with E-state index in [4.69, 9.17) is 9.90 Å². The Bertz CT molecular complexity index is 553. The lowest BCUT2D eigenvalue weighted by Crippen LogP contribution is -2.20. The maximum atomic E-state index is 12.1. The van der Waals surface area contributed by atoms with Crippen molar-refractivity contribution < 1.29 is 19.5 Å². The first-order valence-corrected chi connectivity index (χ1v) is 5.56. The van der Waals surface area contributed by atoms with Crippen molar-refractivity contribution >= 4 is 18.0 Å². The minimum Gasteiger partial charge on any atom is -0.483 e. The molecule has 0 fully saturated rings. The van der Waals surface area contributed by atoms with Gasteiger partial charge in [0, 0.05) is 22.3 Å². The van der Waals surface area contributed by atoms with Crippen LogP contribution >= 0.6 is 0 Å². The molecular weight excluding hydrogens is 244 g/mol. The summed E-state index contributed by atoms with van der Waals surface area (Å²) >= 11 is 0.